The number of hydrogen-bond donors (Lipinski definition) is 5. The number of imide groups is 1. The Morgan fingerprint density at radius 3 is 2.12 bits per heavy atom. The van der Waals surface area contributed by atoms with Crippen LogP contribution in [0.2, 0.25) is 0 Å². The number of rotatable bonds is 9. The molecule has 0 aliphatic carbocycles. The largest absolute Gasteiger partial charge is 0.505 e. The number of phenols is 1. The first-order chi connectivity index (χ1) is 23.6. The van der Waals surface area contributed by atoms with Crippen molar-refractivity contribution in [1.82, 2.24) is 4.90 Å². The molecule has 5 aromatic carbocycles. The van der Waals surface area contributed by atoms with E-state index in [1.165, 1.54) is 49.5 Å². The summed E-state index contributed by atoms with van der Waals surface area (Å²) >= 11 is 0.341. The molecule has 5 aromatic rings. The lowest BCUT2D eigenvalue weighted by atomic mass is 10.1. The third-order valence-electron chi connectivity index (χ3n) is 7.46. The zero-order valence-corrected chi connectivity index (χ0v) is 27.4. The Morgan fingerprint density at radius 2 is 1.44 bits per heavy atom. The number of anilines is 1. The number of nitrogens with zero attached hydrogens (tertiary/aromatic N) is 5. The van der Waals surface area contributed by atoms with Crippen LogP contribution in [-0.2, 0) is 29.6 Å². The van der Waals surface area contributed by atoms with Gasteiger partial charge in [0.05, 0.1) is 55.7 Å². The monoisotopic (exact) mass is 740 g/mol. The Labute approximate surface area is 285 Å². The zero-order valence-electron chi connectivity index (χ0n) is 24.9. The molecule has 0 fully saturated rings. The molecule has 18 nitrogen and oxygen atoms in total. The molecule has 0 spiro atoms. The van der Waals surface area contributed by atoms with Crippen LogP contribution in [0.1, 0.15) is 20.7 Å². The Morgan fingerprint density at radius 1 is 0.760 bits per heavy atom. The molecule has 1 heterocycles. The topological polar surface area (TPSA) is 280 Å². The molecule has 0 bridgehead atoms. The molecule has 1 aliphatic heterocycles. The van der Waals surface area contributed by atoms with Gasteiger partial charge in [0.15, 0.2) is 5.75 Å². The third-order valence-corrected chi connectivity index (χ3v) is 9.84. The molecular weight excluding hydrogens is 721 g/mol. The van der Waals surface area contributed by atoms with Crippen molar-refractivity contribution in [3.8, 4) is 5.75 Å². The molecule has 0 saturated carbocycles. The summed E-state index contributed by atoms with van der Waals surface area (Å²) in [5.41, 5.74) is 5.92. The normalized spacial score (nSPS) is 13.8. The molecule has 50 heavy (non-hydrogen) atoms. The Balaban J connectivity index is 1.46. The number of benzene rings is 5. The quantitative estimate of drug-likeness (QED) is 0.0212. The number of carbonyl (C=O) groups excluding carboxylic acids is 2. The number of fused-ring (bicyclic) bond motifs is 3. The van der Waals surface area contributed by atoms with Gasteiger partial charge in [0.2, 0.25) is 0 Å². The first kappa shape index (κ1) is 34.5. The second-order valence-corrected chi connectivity index (χ2v) is 14.0. The summed E-state index contributed by atoms with van der Waals surface area (Å²) in [5.74, 6) is -1.54. The van der Waals surface area contributed by atoms with Gasteiger partial charge in [-0.05, 0) is 66.0 Å². The number of nitrogens with two attached hydrogens (primary N) is 1. The lowest BCUT2D eigenvalue weighted by Gasteiger charge is -2.11. The predicted molar refractivity (Wildman–Crippen MR) is 175 cm³/mol. The van der Waals surface area contributed by atoms with Crippen LogP contribution >= 0.6 is 12.0 Å². The summed E-state index contributed by atoms with van der Waals surface area (Å²) in [6.45, 7) is 0. The summed E-state index contributed by atoms with van der Waals surface area (Å²) in [7, 11) is -8.08. The molecule has 0 atom stereocenters. The molecule has 21 heteroatoms. The first-order valence-corrected chi connectivity index (χ1v) is 17.3. The highest BCUT2D eigenvalue weighted by Crippen LogP contribution is 2.46. The summed E-state index contributed by atoms with van der Waals surface area (Å²) in [4.78, 5) is 24.4. The van der Waals surface area contributed by atoms with E-state index in [1.807, 2.05) is 0 Å². The summed E-state index contributed by atoms with van der Waals surface area (Å²) in [6, 6.07) is 14.1. The second kappa shape index (κ2) is 12.8. The van der Waals surface area contributed by atoms with Gasteiger partial charge in [-0.1, -0.05) is 11.1 Å². The van der Waals surface area contributed by atoms with E-state index in [-0.39, 0.29) is 60.3 Å². The van der Waals surface area contributed by atoms with Crippen LogP contribution in [0.15, 0.2) is 102 Å². The zero-order chi connectivity index (χ0) is 36.1. The van der Waals surface area contributed by atoms with Crippen molar-refractivity contribution >= 4 is 94.1 Å². The number of phenolic OH excluding ortho intramolecular Hbond substituents is 1. The maximum Gasteiger partial charge on any atom is 0.296 e. The smallest absolute Gasteiger partial charge is 0.296 e. The summed E-state index contributed by atoms with van der Waals surface area (Å²) in [6.07, 6.45) is 0. The lowest BCUT2D eigenvalue weighted by molar-refractivity contribution is -0.432. The van der Waals surface area contributed by atoms with Crippen molar-refractivity contribution in [2.24, 2.45) is 20.5 Å². The molecule has 0 saturated heterocycles. The fraction of sp³-hybridized carbons (Fsp3) is 0.0345. The van der Waals surface area contributed by atoms with Gasteiger partial charge in [0, 0.05) is 23.2 Å². The number of amides is 2. The van der Waals surface area contributed by atoms with Crippen LogP contribution < -0.4 is 5.73 Å². The highest BCUT2D eigenvalue weighted by atomic mass is 32.2. The summed E-state index contributed by atoms with van der Waals surface area (Å²) < 4.78 is 71.3. The van der Waals surface area contributed by atoms with Crippen LogP contribution in [0.5, 0.6) is 5.75 Å². The Kier molecular flexibility index (Phi) is 8.83. The van der Waals surface area contributed by atoms with Gasteiger partial charge in [-0.2, -0.15) is 21.9 Å². The van der Waals surface area contributed by atoms with E-state index in [0.29, 0.717) is 12.0 Å². The minimum atomic E-state index is -4.75. The molecule has 0 radical (unpaired) electrons. The van der Waals surface area contributed by atoms with Crippen LogP contribution in [-0.4, -0.2) is 60.1 Å². The van der Waals surface area contributed by atoms with E-state index in [2.05, 4.69) is 29.8 Å². The Hall–Kier alpha value is -5.39. The van der Waals surface area contributed by atoms with Crippen LogP contribution in [0.3, 0.4) is 0 Å². The van der Waals surface area contributed by atoms with Crippen LogP contribution in [0, 0.1) is 0 Å². The van der Waals surface area contributed by atoms with Crippen molar-refractivity contribution in [3.05, 3.63) is 77.9 Å². The first-order valence-electron chi connectivity index (χ1n) is 13.6. The predicted octanol–water partition coefficient (Wildman–Crippen LogP) is 6.26. The van der Waals surface area contributed by atoms with Crippen molar-refractivity contribution in [3.63, 3.8) is 0 Å². The van der Waals surface area contributed by atoms with Crippen molar-refractivity contribution in [2.45, 2.75) is 14.7 Å². The third kappa shape index (κ3) is 6.37. The standard InChI is InChI=1S/C29H20N6O12S3/c1-35-28(37)17-4-2-14(10-20(17)29(35)38)31-32-22-6-7-23(19-11-15(49(40,41)42)3-5-16(19)22)33-34-26-24(48-47-46-39)8-13-9-25(50(43,44)45)21(30)12-18(13)27(26)36/h2-12,36,39H,30H2,1H3,(H,40,41,42)(H,43,44,45). The number of hydrogen-bond acceptors (Lipinski definition) is 16. The SMILES string of the molecule is CN1C(=O)c2ccc(N=Nc3ccc(N=Nc4c(SOOO)cc5cc(S(=O)(=O)O)c(N)cc5c4O)c4cc(S(=O)(=O)O)ccc34)cc2C1=O. The summed E-state index contributed by atoms with van der Waals surface area (Å²) in [5, 5.41) is 40.6. The number of carbonyl (C=O) groups is 2. The minimum Gasteiger partial charge on any atom is -0.505 e. The van der Waals surface area contributed by atoms with Gasteiger partial charge in [-0.15, -0.1) is 19.7 Å². The molecule has 6 rings (SSSR count). The average Bonchev–Trinajstić information content (AvgIpc) is 3.28. The van der Waals surface area contributed by atoms with Gasteiger partial charge in [0.25, 0.3) is 32.1 Å². The van der Waals surface area contributed by atoms with E-state index in [1.54, 1.807) is 0 Å². The fourth-order valence-corrected chi connectivity index (χ4v) is 6.72. The van der Waals surface area contributed by atoms with E-state index in [4.69, 9.17) is 11.0 Å². The van der Waals surface area contributed by atoms with E-state index in [0.717, 1.165) is 29.2 Å². The van der Waals surface area contributed by atoms with Gasteiger partial charge < -0.3 is 10.8 Å². The van der Waals surface area contributed by atoms with Gasteiger partial charge in [0.1, 0.15) is 10.6 Å². The number of aromatic hydroxyl groups is 1. The molecule has 0 aromatic heterocycles. The number of azo groups is 2. The fourth-order valence-electron chi connectivity index (χ4n) is 5.08. The van der Waals surface area contributed by atoms with Crippen molar-refractivity contribution < 1.29 is 55.3 Å². The van der Waals surface area contributed by atoms with Crippen molar-refractivity contribution in [1.29, 1.82) is 0 Å². The maximum atomic E-state index is 12.4. The van der Waals surface area contributed by atoms with Crippen LogP contribution in [0.25, 0.3) is 21.5 Å². The number of nitrogen functional groups attached to an aromatic ring is 1. The molecule has 0 unspecified atom stereocenters. The molecule has 1 aliphatic rings. The average molecular weight is 741 g/mol. The highest BCUT2D eigenvalue weighted by molar-refractivity contribution is 7.94. The molecule has 6 N–H and O–H groups in total. The van der Waals surface area contributed by atoms with Gasteiger partial charge in [-0.3, -0.25) is 23.6 Å². The molecular formula is C29H20N6O12S3. The second-order valence-electron chi connectivity index (χ2n) is 10.5. The molecule has 256 valence electrons. The molecule has 2 amide bonds. The van der Waals surface area contributed by atoms with Crippen LogP contribution in [0.4, 0.5) is 28.4 Å². The van der Waals surface area contributed by atoms with Gasteiger partial charge >= 0.3 is 0 Å². The highest BCUT2D eigenvalue weighted by Gasteiger charge is 2.32. The Bertz CT molecular complexity index is 2580. The van der Waals surface area contributed by atoms with Crippen molar-refractivity contribution in [2.75, 3.05) is 12.8 Å². The van der Waals surface area contributed by atoms with Gasteiger partial charge in [-0.25, -0.2) is 5.26 Å². The van der Waals surface area contributed by atoms with E-state index in [9.17, 15) is 40.6 Å². The minimum absolute atomic E-state index is 0.00476. The van der Waals surface area contributed by atoms with E-state index >= 15 is 0 Å². The maximum absolute atomic E-state index is 12.4. The van der Waals surface area contributed by atoms with E-state index < -0.39 is 53.3 Å². The lowest BCUT2D eigenvalue weighted by Crippen LogP contribution is -2.24.